The molecule has 2 aromatic rings. The molecule has 1 aromatic carbocycles. The van der Waals surface area contributed by atoms with E-state index < -0.39 is 0 Å². The highest BCUT2D eigenvalue weighted by Gasteiger charge is 2.28. The van der Waals surface area contributed by atoms with Crippen LogP contribution in [0, 0.1) is 0 Å². The van der Waals surface area contributed by atoms with Crippen LogP contribution in [-0.2, 0) is 17.9 Å². The average Bonchev–Trinajstić information content (AvgIpc) is 3.22. The summed E-state index contributed by atoms with van der Waals surface area (Å²) in [6, 6.07) is 8.15. The minimum atomic E-state index is 0.0580. The van der Waals surface area contributed by atoms with Crippen LogP contribution in [0.3, 0.4) is 0 Å². The fourth-order valence-corrected chi connectivity index (χ4v) is 3.42. The van der Waals surface area contributed by atoms with Crippen LogP contribution in [0.2, 0.25) is 0 Å². The molecule has 0 radical (unpaired) electrons. The third-order valence-electron chi connectivity index (χ3n) is 4.70. The highest BCUT2D eigenvalue weighted by atomic mass is 16.7. The van der Waals surface area contributed by atoms with Crippen LogP contribution in [-0.4, -0.2) is 52.9 Å². The number of fused-ring (bicyclic) bond motifs is 2. The standard InChI is InChI=1S/C18H22N4O3/c1-20(2)18(23)8-15-11-21(10-14-5-6-19-22(14)15)9-13-3-4-16-17(7-13)25-12-24-16/h3-7,15H,8-12H2,1-2H3. The minimum absolute atomic E-state index is 0.0580. The van der Waals surface area contributed by atoms with E-state index in [1.165, 1.54) is 5.56 Å². The molecule has 0 fully saturated rings. The van der Waals surface area contributed by atoms with Crippen molar-refractivity contribution >= 4 is 5.91 Å². The minimum Gasteiger partial charge on any atom is -0.454 e. The molecule has 0 aliphatic carbocycles. The zero-order valence-electron chi connectivity index (χ0n) is 14.5. The van der Waals surface area contributed by atoms with Crippen LogP contribution in [0.15, 0.2) is 30.5 Å². The lowest BCUT2D eigenvalue weighted by atomic mass is 10.1. The van der Waals surface area contributed by atoms with Crippen molar-refractivity contribution in [3.8, 4) is 11.5 Å². The van der Waals surface area contributed by atoms with Gasteiger partial charge in [-0.2, -0.15) is 5.10 Å². The van der Waals surface area contributed by atoms with Gasteiger partial charge >= 0.3 is 0 Å². The Kier molecular flexibility index (Phi) is 4.09. The molecule has 132 valence electrons. The molecule has 1 aromatic heterocycles. The molecular formula is C18H22N4O3. The Labute approximate surface area is 146 Å². The van der Waals surface area contributed by atoms with Gasteiger partial charge in [-0.25, -0.2) is 0 Å². The van der Waals surface area contributed by atoms with Gasteiger partial charge in [0.25, 0.3) is 0 Å². The van der Waals surface area contributed by atoms with Crippen molar-refractivity contribution in [2.45, 2.75) is 25.6 Å². The summed E-state index contributed by atoms with van der Waals surface area (Å²) < 4.78 is 12.8. The summed E-state index contributed by atoms with van der Waals surface area (Å²) in [5.41, 5.74) is 2.32. The maximum absolute atomic E-state index is 12.2. The molecule has 1 unspecified atom stereocenters. The predicted molar refractivity (Wildman–Crippen MR) is 91.3 cm³/mol. The number of carbonyl (C=O) groups is 1. The quantitative estimate of drug-likeness (QED) is 0.845. The average molecular weight is 342 g/mol. The first-order valence-corrected chi connectivity index (χ1v) is 8.43. The first-order chi connectivity index (χ1) is 12.1. The molecular weight excluding hydrogens is 320 g/mol. The van der Waals surface area contributed by atoms with Gasteiger partial charge in [-0.05, 0) is 23.8 Å². The summed E-state index contributed by atoms with van der Waals surface area (Å²) in [4.78, 5) is 16.2. The molecule has 7 nitrogen and oxygen atoms in total. The molecule has 0 N–H and O–H groups in total. The molecule has 2 aliphatic heterocycles. The lowest BCUT2D eigenvalue weighted by Crippen LogP contribution is -2.39. The van der Waals surface area contributed by atoms with Crippen LogP contribution < -0.4 is 9.47 Å². The second kappa shape index (κ2) is 6.40. The van der Waals surface area contributed by atoms with E-state index in [4.69, 9.17) is 9.47 Å². The fourth-order valence-electron chi connectivity index (χ4n) is 3.42. The molecule has 2 aliphatic rings. The third kappa shape index (κ3) is 3.19. The Morgan fingerprint density at radius 2 is 2.12 bits per heavy atom. The first-order valence-electron chi connectivity index (χ1n) is 8.43. The van der Waals surface area contributed by atoms with E-state index in [2.05, 4.69) is 16.1 Å². The Morgan fingerprint density at radius 3 is 2.96 bits per heavy atom. The van der Waals surface area contributed by atoms with Crippen molar-refractivity contribution < 1.29 is 14.3 Å². The largest absolute Gasteiger partial charge is 0.454 e. The Balaban J connectivity index is 1.50. The zero-order valence-corrected chi connectivity index (χ0v) is 14.5. The Hall–Kier alpha value is -2.54. The molecule has 0 saturated heterocycles. The number of aromatic nitrogens is 2. The van der Waals surface area contributed by atoms with Gasteiger partial charge in [-0.1, -0.05) is 6.07 Å². The van der Waals surface area contributed by atoms with Crippen molar-refractivity contribution in [1.82, 2.24) is 19.6 Å². The molecule has 4 rings (SSSR count). The monoisotopic (exact) mass is 342 g/mol. The van der Waals surface area contributed by atoms with Crippen molar-refractivity contribution in [2.24, 2.45) is 0 Å². The topological polar surface area (TPSA) is 59.8 Å². The Bertz CT molecular complexity index is 786. The van der Waals surface area contributed by atoms with E-state index in [0.29, 0.717) is 6.42 Å². The fraction of sp³-hybridized carbons (Fsp3) is 0.444. The van der Waals surface area contributed by atoms with Crippen LogP contribution in [0.25, 0.3) is 0 Å². The van der Waals surface area contributed by atoms with Crippen LogP contribution in [0.4, 0.5) is 0 Å². The summed E-state index contributed by atoms with van der Waals surface area (Å²) in [5.74, 6) is 1.73. The maximum Gasteiger partial charge on any atom is 0.231 e. The van der Waals surface area contributed by atoms with Gasteiger partial charge in [0.2, 0.25) is 12.7 Å². The van der Waals surface area contributed by atoms with Gasteiger partial charge in [0, 0.05) is 39.9 Å². The number of amides is 1. The Morgan fingerprint density at radius 1 is 1.28 bits per heavy atom. The highest BCUT2D eigenvalue weighted by molar-refractivity contribution is 5.76. The van der Waals surface area contributed by atoms with E-state index in [1.807, 2.05) is 29.1 Å². The van der Waals surface area contributed by atoms with E-state index in [-0.39, 0.29) is 18.7 Å². The normalized spacial score (nSPS) is 18.9. The summed E-state index contributed by atoms with van der Waals surface area (Å²) in [6.07, 6.45) is 2.27. The van der Waals surface area contributed by atoms with Gasteiger partial charge in [0.15, 0.2) is 11.5 Å². The predicted octanol–water partition coefficient (Wildman–Crippen LogP) is 1.65. The molecule has 3 heterocycles. The first kappa shape index (κ1) is 16.0. The van der Waals surface area contributed by atoms with Crippen molar-refractivity contribution in [2.75, 3.05) is 27.4 Å². The number of nitrogens with zero attached hydrogens (tertiary/aromatic N) is 4. The van der Waals surface area contributed by atoms with E-state index >= 15 is 0 Å². The lowest BCUT2D eigenvalue weighted by Gasteiger charge is -2.34. The van der Waals surface area contributed by atoms with E-state index in [9.17, 15) is 4.79 Å². The lowest BCUT2D eigenvalue weighted by molar-refractivity contribution is -0.129. The SMILES string of the molecule is CN(C)C(=O)CC1CN(Cc2ccc3c(c2)OCO3)Cc2ccnn21. The molecule has 1 amide bonds. The van der Waals surface area contributed by atoms with Gasteiger partial charge in [0.1, 0.15) is 0 Å². The van der Waals surface area contributed by atoms with Gasteiger partial charge < -0.3 is 14.4 Å². The molecule has 1 atom stereocenters. The van der Waals surface area contributed by atoms with Crippen molar-refractivity contribution in [1.29, 1.82) is 0 Å². The maximum atomic E-state index is 12.2. The number of hydrogen-bond acceptors (Lipinski definition) is 5. The summed E-state index contributed by atoms with van der Waals surface area (Å²) >= 11 is 0. The van der Waals surface area contributed by atoms with Gasteiger partial charge in [0.05, 0.1) is 18.2 Å². The van der Waals surface area contributed by atoms with Crippen LogP contribution in [0.5, 0.6) is 11.5 Å². The van der Waals surface area contributed by atoms with Crippen LogP contribution >= 0.6 is 0 Å². The number of ether oxygens (including phenoxy) is 2. The number of benzene rings is 1. The van der Waals surface area contributed by atoms with E-state index in [0.717, 1.165) is 36.8 Å². The molecule has 0 saturated carbocycles. The van der Waals surface area contributed by atoms with E-state index in [1.54, 1.807) is 19.0 Å². The van der Waals surface area contributed by atoms with Crippen molar-refractivity contribution in [3.05, 3.63) is 41.7 Å². The smallest absolute Gasteiger partial charge is 0.231 e. The molecule has 7 heteroatoms. The molecule has 25 heavy (non-hydrogen) atoms. The zero-order chi connectivity index (χ0) is 17.4. The number of hydrogen-bond donors (Lipinski definition) is 0. The van der Waals surface area contributed by atoms with Gasteiger partial charge in [-0.3, -0.25) is 14.4 Å². The third-order valence-corrected chi connectivity index (χ3v) is 4.70. The second-order valence-corrected chi connectivity index (χ2v) is 6.77. The van der Waals surface area contributed by atoms with Crippen molar-refractivity contribution in [3.63, 3.8) is 0 Å². The summed E-state index contributed by atoms with van der Waals surface area (Å²) in [5, 5.41) is 4.42. The number of rotatable bonds is 4. The number of carbonyl (C=O) groups excluding carboxylic acids is 1. The summed E-state index contributed by atoms with van der Waals surface area (Å²) in [7, 11) is 3.58. The van der Waals surface area contributed by atoms with Crippen LogP contribution in [0.1, 0.15) is 23.7 Å². The second-order valence-electron chi connectivity index (χ2n) is 6.77. The summed E-state index contributed by atoms with van der Waals surface area (Å²) in [6.45, 7) is 2.70. The van der Waals surface area contributed by atoms with Gasteiger partial charge in [-0.15, -0.1) is 0 Å². The highest BCUT2D eigenvalue weighted by Crippen LogP contribution is 2.33. The molecule has 0 bridgehead atoms. The molecule has 0 spiro atoms.